The summed E-state index contributed by atoms with van der Waals surface area (Å²) in [6.45, 7) is 9.66. The molecule has 0 saturated carbocycles. The summed E-state index contributed by atoms with van der Waals surface area (Å²) in [5.74, 6) is -1.32. The molecule has 2 aliphatic heterocycles. The van der Waals surface area contributed by atoms with Gasteiger partial charge in [-0.3, -0.25) is 24.3 Å². The minimum atomic E-state index is -0.622. The molecule has 1 aromatic carbocycles. The van der Waals surface area contributed by atoms with Crippen LogP contribution in [0.4, 0.5) is 5.82 Å². The number of nitrogens with one attached hydrogen (secondary N) is 1. The Balaban J connectivity index is 1.85. The maximum absolute atomic E-state index is 12.8. The van der Waals surface area contributed by atoms with Crippen LogP contribution in [0.1, 0.15) is 54.0 Å². The summed E-state index contributed by atoms with van der Waals surface area (Å²) in [4.78, 5) is 36.8. The van der Waals surface area contributed by atoms with Gasteiger partial charge in [0.15, 0.2) is 0 Å². The molecule has 0 spiro atoms. The average Bonchev–Trinajstić information content (AvgIpc) is 3.00. The monoisotopic (exact) mass is 395 g/mol. The van der Waals surface area contributed by atoms with Crippen LogP contribution in [0.3, 0.4) is 0 Å². The van der Waals surface area contributed by atoms with Crippen molar-refractivity contribution in [3.63, 3.8) is 0 Å². The topological polar surface area (TPSA) is 113 Å². The Labute approximate surface area is 168 Å². The number of rotatable bonds is 2. The third-order valence-corrected chi connectivity index (χ3v) is 5.95. The molecule has 29 heavy (non-hydrogen) atoms. The average molecular weight is 395 g/mol. The standard InChI is InChI=1S/C20H22BN3O5/c1-10-6-7-11(21-28-19(2,3)20(4,5)29-21)8-13(10)24-14(25)9-12-15(16(24)22)18(27)23-17(12)26/h6-9H,22H2,1-5H3,(H,23,26,27). The quantitative estimate of drug-likeness (QED) is 0.578. The highest BCUT2D eigenvalue weighted by atomic mass is 16.7. The molecule has 0 radical (unpaired) electrons. The molecule has 0 atom stereocenters. The number of carbonyl (C=O) groups excluding carboxylic acids is 2. The normalized spacial score (nSPS) is 19.4. The maximum atomic E-state index is 12.8. The number of carbonyl (C=O) groups is 2. The minimum absolute atomic E-state index is 0.00600. The van der Waals surface area contributed by atoms with E-state index in [0.29, 0.717) is 5.69 Å². The van der Waals surface area contributed by atoms with Crippen LogP contribution in [0, 0.1) is 6.92 Å². The summed E-state index contributed by atoms with van der Waals surface area (Å²) in [6.07, 6.45) is 0. The summed E-state index contributed by atoms with van der Waals surface area (Å²) < 4.78 is 13.4. The second-order valence-corrected chi connectivity index (χ2v) is 8.41. The van der Waals surface area contributed by atoms with Gasteiger partial charge in [-0.15, -0.1) is 0 Å². The Morgan fingerprint density at radius 2 is 1.62 bits per heavy atom. The highest BCUT2D eigenvalue weighted by Crippen LogP contribution is 2.36. The highest BCUT2D eigenvalue weighted by Gasteiger charge is 2.51. The predicted octanol–water partition coefficient (Wildman–Crippen LogP) is 0.911. The molecule has 0 bridgehead atoms. The van der Waals surface area contributed by atoms with Crippen LogP contribution in [0.15, 0.2) is 29.1 Å². The number of nitrogens with zero attached hydrogens (tertiary/aromatic N) is 1. The number of imide groups is 1. The van der Waals surface area contributed by atoms with Gasteiger partial charge in [0.2, 0.25) is 0 Å². The molecule has 2 aromatic rings. The van der Waals surface area contributed by atoms with Crippen LogP contribution in [-0.2, 0) is 9.31 Å². The third kappa shape index (κ3) is 2.80. The second-order valence-electron chi connectivity index (χ2n) is 8.41. The van der Waals surface area contributed by atoms with Crippen LogP contribution in [0.25, 0.3) is 5.69 Å². The first-order valence-electron chi connectivity index (χ1n) is 9.31. The number of fused-ring (bicyclic) bond motifs is 1. The number of nitrogen functional groups attached to an aromatic ring is 1. The fraction of sp³-hybridized carbons (Fsp3) is 0.350. The fourth-order valence-corrected chi connectivity index (χ4v) is 3.52. The number of hydrogen-bond donors (Lipinski definition) is 2. The van der Waals surface area contributed by atoms with Crippen molar-refractivity contribution >= 4 is 30.2 Å². The van der Waals surface area contributed by atoms with Crippen molar-refractivity contribution in [2.75, 3.05) is 5.73 Å². The Kier molecular flexibility index (Phi) is 4.05. The van der Waals surface area contributed by atoms with Crippen molar-refractivity contribution in [3.05, 3.63) is 51.3 Å². The predicted molar refractivity (Wildman–Crippen MR) is 109 cm³/mol. The third-order valence-electron chi connectivity index (χ3n) is 5.95. The molecule has 150 valence electrons. The van der Waals surface area contributed by atoms with Crippen molar-refractivity contribution in [3.8, 4) is 5.69 Å². The SMILES string of the molecule is Cc1ccc(B2OC(C)(C)C(C)(C)O2)cc1-n1c(N)c2c(cc1=O)C(=O)NC2=O. The Hall–Kier alpha value is -2.91. The van der Waals surface area contributed by atoms with Crippen molar-refractivity contribution in [1.82, 2.24) is 9.88 Å². The minimum Gasteiger partial charge on any atom is -0.399 e. The van der Waals surface area contributed by atoms with E-state index in [4.69, 9.17) is 15.0 Å². The van der Waals surface area contributed by atoms with E-state index in [-0.39, 0.29) is 16.9 Å². The van der Waals surface area contributed by atoms with Crippen molar-refractivity contribution in [2.45, 2.75) is 45.8 Å². The van der Waals surface area contributed by atoms with Crippen LogP contribution in [-0.4, -0.2) is 34.7 Å². The molecule has 4 rings (SSSR count). The summed E-state index contributed by atoms with van der Waals surface area (Å²) in [7, 11) is -0.615. The van der Waals surface area contributed by atoms with Gasteiger partial charge in [-0.2, -0.15) is 0 Å². The molecule has 1 fully saturated rings. The lowest BCUT2D eigenvalue weighted by Gasteiger charge is -2.32. The zero-order valence-electron chi connectivity index (χ0n) is 17.0. The molecular weight excluding hydrogens is 373 g/mol. The van der Waals surface area contributed by atoms with Gasteiger partial charge in [0.1, 0.15) is 5.82 Å². The fourth-order valence-electron chi connectivity index (χ4n) is 3.52. The molecule has 9 heteroatoms. The van der Waals surface area contributed by atoms with Gasteiger partial charge in [-0.25, -0.2) is 0 Å². The summed E-state index contributed by atoms with van der Waals surface area (Å²) in [6, 6.07) is 6.59. The lowest BCUT2D eigenvalue weighted by Crippen LogP contribution is -2.41. The van der Waals surface area contributed by atoms with E-state index in [0.717, 1.165) is 17.1 Å². The molecular formula is C20H22BN3O5. The molecule has 2 aliphatic rings. The van der Waals surface area contributed by atoms with Crippen LogP contribution >= 0.6 is 0 Å². The number of benzene rings is 1. The van der Waals surface area contributed by atoms with Crippen molar-refractivity contribution in [1.29, 1.82) is 0 Å². The Bertz CT molecular complexity index is 1120. The largest absolute Gasteiger partial charge is 0.494 e. The maximum Gasteiger partial charge on any atom is 0.494 e. The van der Waals surface area contributed by atoms with E-state index in [1.165, 1.54) is 4.57 Å². The van der Waals surface area contributed by atoms with Crippen LogP contribution < -0.4 is 22.1 Å². The second kappa shape index (κ2) is 6.04. The summed E-state index contributed by atoms with van der Waals surface area (Å²) in [5.41, 5.74) is 6.63. The lowest BCUT2D eigenvalue weighted by atomic mass is 9.78. The number of pyridine rings is 1. The lowest BCUT2D eigenvalue weighted by molar-refractivity contribution is 0.00578. The number of anilines is 1. The van der Waals surface area contributed by atoms with Gasteiger partial charge in [0, 0.05) is 6.07 Å². The zero-order valence-corrected chi connectivity index (χ0v) is 17.0. The van der Waals surface area contributed by atoms with Crippen LogP contribution in [0.5, 0.6) is 0 Å². The highest BCUT2D eigenvalue weighted by molar-refractivity contribution is 6.62. The molecule has 1 saturated heterocycles. The number of hydrogen-bond acceptors (Lipinski definition) is 6. The number of aromatic nitrogens is 1. The van der Waals surface area contributed by atoms with E-state index in [2.05, 4.69) is 5.32 Å². The Morgan fingerprint density at radius 1 is 1.00 bits per heavy atom. The Morgan fingerprint density at radius 3 is 2.24 bits per heavy atom. The van der Waals surface area contributed by atoms with Crippen molar-refractivity contribution < 1.29 is 18.9 Å². The molecule has 3 heterocycles. The number of nitrogens with two attached hydrogens (primary N) is 1. The van der Waals surface area contributed by atoms with E-state index in [1.807, 2.05) is 46.8 Å². The van der Waals surface area contributed by atoms with Gasteiger partial charge < -0.3 is 15.0 Å². The van der Waals surface area contributed by atoms with Gasteiger partial charge in [-0.1, -0.05) is 12.1 Å². The molecule has 2 amide bonds. The van der Waals surface area contributed by atoms with E-state index in [1.54, 1.807) is 6.07 Å². The van der Waals surface area contributed by atoms with Gasteiger partial charge in [0.05, 0.1) is 28.0 Å². The molecule has 1 aromatic heterocycles. The zero-order chi connectivity index (χ0) is 21.3. The summed E-state index contributed by atoms with van der Waals surface area (Å²) >= 11 is 0. The smallest absolute Gasteiger partial charge is 0.399 e. The van der Waals surface area contributed by atoms with E-state index < -0.39 is 35.7 Å². The first-order valence-corrected chi connectivity index (χ1v) is 9.31. The van der Waals surface area contributed by atoms with E-state index >= 15 is 0 Å². The molecule has 8 nitrogen and oxygen atoms in total. The first kappa shape index (κ1) is 19.4. The van der Waals surface area contributed by atoms with Crippen molar-refractivity contribution in [2.24, 2.45) is 0 Å². The summed E-state index contributed by atoms with van der Waals surface area (Å²) in [5, 5.41) is 2.17. The molecule has 0 aliphatic carbocycles. The first-order chi connectivity index (χ1) is 13.4. The number of amides is 2. The van der Waals surface area contributed by atoms with Gasteiger partial charge in [0.25, 0.3) is 17.4 Å². The molecule has 0 unspecified atom stereocenters. The number of aryl methyl sites for hydroxylation is 1. The van der Waals surface area contributed by atoms with Gasteiger partial charge >= 0.3 is 7.12 Å². The van der Waals surface area contributed by atoms with E-state index in [9.17, 15) is 14.4 Å². The molecule has 3 N–H and O–H groups in total. The van der Waals surface area contributed by atoms with Crippen LogP contribution in [0.2, 0.25) is 0 Å². The van der Waals surface area contributed by atoms with Gasteiger partial charge in [-0.05, 0) is 51.7 Å².